The number of aromatic nitrogens is 4. The first kappa shape index (κ1) is 11.4. The van der Waals surface area contributed by atoms with Crippen molar-refractivity contribution in [3.05, 3.63) is 41.7 Å². The minimum atomic E-state index is -0.380. The number of benzene rings is 1. The van der Waals surface area contributed by atoms with E-state index in [0.717, 1.165) is 11.8 Å². The summed E-state index contributed by atoms with van der Waals surface area (Å²) in [6, 6.07) is 9.94. The number of carbonyl (C=O) groups is 1. The maximum absolute atomic E-state index is 10.4. The molecule has 2 rings (SSSR count). The van der Waals surface area contributed by atoms with Crippen LogP contribution in [0.25, 0.3) is 0 Å². The quantitative estimate of drug-likeness (QED) is 0.740. The molecule has 0 atom stereocenters. The molecule has 0 bridgehead atoms. The van der Waals surface area contributed by atoms with Crippen LogP contribution in [0.5, 0.6) is 0 Å². The van der Waals surface area contributed by atoms with Crippen molar-refractivity contribution in [1.82, 2.24) is 20.2 Å². The van der Waals surface area contributed by atoms with E-state index in [1.807, 2.05) is 44.2 Å². The highest BCUT2D eigenvalue weighted by Gasteiger charge is 2.25. The van der Waals surface area contributed by atoms with E-state index in [2.05, 4.69) is 15.4 Å². The van der Waals surface area contributed by atoms with E-state index in [-0.39, 0.29) is 12.0 Å². The molecule has 0 fully saturated rings. The summed E-state index contributed by atoms with van der Waals surface area (Å²) in [6.45, 7) is 4.02. The SMILES string of the molecule is CC(C)(c1ccccc1)n1nnc(CC=O)n1. The Morgan fingerprint density at radius 1 is 1.29 bits per heavy atom. The van der Waals surface area contributed by atoms with Crippen LogP contribution in [0.3, 0.4) is 0 Å². The molecule has 0 aliphatic rings. The molecular formula is C12H14N4O. The average molecular weight is 230 g/mol. The molecule has 0 saturated heterocycles. The summed E-state index contributed by atoms with van der Waals surface area (Å²) in [5.41, 5.74) is 0.713. The summed E-state index contributed by atoms with van der Waals surface area (Å²) in [4.78, 5) is 11.9. The molecule has 2 aromatic rings. The molecule has 0 aliphatic carbocycles. The molecule has 0 amide bonds. The molecule has 1 aromatic heterocycles. The lowest BCUT2D eigenvalue weighted by molar-refractivity contribution is -0.107. The van der Waals surface area contributed by atoms with Crippen molar-refractivity contribution in [2.45, 2.75) is 25.8 Å². The average Bonchev–Trinajstić information content (AvgIpc) is 2.80. The molecule has 0 saturated carbocycles. The van der Waals surface area contributed by atoms with Gasteiger partial charge in [0.2, 0.25) is 0 Å². The van der Waals surface area contributed by atoms with Crippen molar-refractivity contribution in [2.24, 2.45) is 0 Å². The van der Waals surface area contributed by atoms with E-state index in [9.17, 15) is 4.79 Å². The predicted molar refractivity (Wildman–Crippen MR) is 62.5 cm³/mol. The molecule has 1 heterocycles. The Morgan fingerprint density at radius 2 is 2.00 bits per heavy atom. The predicted octanol–water partition coefficient (Wildman–Crippen LogP) is 1.20. The summed E-state index contributed by atoms with van der Waals surface area (Å²) >= 11 is 0. The fourth-order valence-corrected chi connectivity index (χ4v) is 1.60. The smallest absolute Gasteiger partial charge is 0.181 e. The summed E-state index contributed by atoms with van der Waals surface area (Å²) in [5, 5.41) is 12.1. The van der Waals surface area contributed by atoms with Gasteiger partial charge in [0.25, 0.3) is 0 Å². The Kier molecular flexibility index (Phi) is 2.99. The lowest BCUT2D eigenvalue weighted by atomic mass is 9.95. The Hall–Kier alpha value is -2.04. The Balaban J connectivity index is 2.34. The molecular weight excluding hydrogens is 216 g/mol. The number of tetrazole rings is 1. The third kappa shape index (κ3) is 2.22. The molecule has 1 aromatic carbocycles. The fourth-order valence-electron chi connectivity index (χ4n) is 1.60. The molecule has 0 radical (unpaired) electrons. The third-order valence-electron chi connectivity index (χ3n) is 2.70. The van der Waals surface area contributed by atoms with Crippen LogP contribution in [0.4, 0.5) is 0 Å². The molecule has 88 valence electrons. The zero-order valence-corrected chi connectivity index (χ0v) is 9.87. The second kappa shape index (κ2) is 4.45. The highest BCUT2D eigenvalue weighted by molar-refractivity contribution is 5.52. The van der Waals surface area contributed by atoms with Gasteiger partial charge in [-0.2, -0.15) is 4.80 Å². The van der Waals surface area contributed by atoms with Gasteiger partial charge in [-0.05, 0) is 24.6 Å². The van der Waals surface area contributed by atoms with Crippen LogP contribution in [0, 0.1) is 0 Å². The van der Waals surface area contributed by atoms with E-state index < -0.39 is 0 Å². The first-order valence-corrected chi connectivity index (χ1v) is 5.43. The minimum absolute atomic E-state index is 0.199. The summed E-state index contributed by atoms with van der Waals surface area (Å²) in [7, 11) is 0. The number of aldehydes is 1. The first-order chi connectivity index (χ1) is 8.14. The van der Waals surface area contributed by atoms with E-state index >= 15 is 0 Å². The zero-order valence-electron chi connectivity index (χ0n) is 9.87. The third-order valence-corrected chi connectivity index (χ3v) is 2.70. The van der Waals surface area contributed by atoms with E-state index in [1.54, 1.807) is 4.80 Å². The summed E-state index contributed by atoms with van der Waals surface area (Å²) in [6.07, 6.45) is 0.974. The highest BCUT2D eigenvalue weighted by Crippen LogP contribution is 2.22. The van der Waals surface area contributed by atoms with Crippen molar-refractivity contribution in [3.63, 3.8) is 0 Å². The standard InChI is InChI=1S/C12H14N4O/c1-12(2,10-6-4-3-5-7-10)16-14-11(8-9-17)13-15-16/h3-7,9H,8H2,1-2H3. The van der Waals surface area contributed by atoms with Gasteiger partial charge in [0, 0.05) is 0 Å². The van der Waals surface area contributed by atoms with Gasteiger partial charge in [-0.25, -0.2) is 0 Å². The van der Waals surface area contributed by atoms with Gasteiger partial charge in [0.1, 0.15) is 11.8 Å². The molecule has 0 unspecified atom stereocenters. The van der Waals surface area contributed by atoms with Gasteiger partial charge in [0.15, 0.2) is 5.82 Å². The maximum atomic E-state index is 10.4. The first-order valence-electron chi connectivity index (χ1n) is 5.43. The van der Waals surface area contributed by atoms with Crippen molar-refractivity contribution >= 4 is 6.29 Å². The van der Waals surface area contributed by atoms with Gasteiger partial charge in [-0.15, -0.1) is 10.2 Å². The largest absolute Gasteiger partial charge is 0.303 e. The van der Waals surface area contributed by atoms with Crippen LogP contribution in [0.15, 0.2) is 30.3 Å². The minimum Gasteiger partial charge on any atom is -0.303 e. The summed E-state index contributed by atoms with van der Waals surface area (Å²) in [5.74, 6) is 0.448. The summed E-state index contributed by atoms with van der Waals surface area (Å²) < 4.78 is 0. The fraction of sp³-hybridized carbons (Fsp3) is 0.333. The normalized spacial score (nSPS) is 11.4. The van der Waals surface area contributed by atoms with Crippen molar-refractivity contribution in [1.29, 1.82) is 0 Å². The second-order valence-electron chi connectivity index (χ2n) is 4.29. The molecule has 0 aliphatic heterocycles. The lowest BCUT2D eigenvalue weighted by Crippen LogP contribution is -2.30. The zero-order chi connectivity index (χ0) is 12.3. The van der Waals surface area contributed by atoms with Gasteiger partial charge < -0.3 is 4.79 Å². The van der Waals surface area contributed by atoms with E-state index in [4.69, 9.17) is 0 Å². The number of rotatable bonds is 4. The van der Waals surface area contributed by atoms with Crippen LogP contribution in [0.1, 0.15) is 25.2 Å². The van der Waals surface area contributed by atoms with Gasteiger partial charge in [-0.3, -0.25) is 0 Å². The molecule has 0 spiro atoms. The van der Waals surface area contributed by atoms with Crippen molar-refractivity contribution in [3.8, 4) is 0 Å². The Bertz CT molecular complexity index is 504. The highest BCUT2D eigenvalue weighted by atomic mass is 16.1. The van der Waals surface area contributed by atoms with E-state index in [0.29, 0.717) is 5.82 Å². The van der Waals surface area contributed by atoms with Crippen LogP contribution in [0.2, 0.25) is 0 Å². The molecule has 5 nitrogen and oxygen atoms in total. The Labute approximate surface area is 99.5 Å². The van der Waals surface area contributed by atoms with E-state index in [1.165, 1.54) is 0 Å². The molecule has 0 N–H and O–H groups in total. The van der Waals surface area contributed by atoms with Crippen molar-refractivity contribution < 1.29 is 4.79 Å². The van der Waals surface area contributed by atoms with Gasteiger partial charge in [0.05, 0.1) is 6.42 Å². The van der Waals surface area contributed by atoms with Crippen molar-refractivity contribution in [2.75, 3.05) is 0 Å². The number of carbonyl (C=O) groups excluding carboxylic acids is 1. The topological polar surface area (TPSA) is 60.7 Å². The molecule has 5 heteroatoms. The molecule has 17 heavy (non-hydrogen) atoms. The monoisotopic (exact) mass is 230 g/mol. The number of hydrogen-bond acceptors (Lipinski definition) is 4. The number of hydrogen-bond donors (Lipinski definition) is 0. The lowest BCUT2D eigenvalue weighted by Gasteiger charge is -2.23. The van der Waals surface area contributed by atoms with Gasteiger partial charge in [-0.1, -0.05) is 30.3 Å². The second-order valence-corrected chi connectivity index (χ2v) is 4.29. The van der Waals surface area contributed by atoms with Crippen LogP contribution in [-0.4, -0.2) is 26.5 Å². The Morgan fingerprint density at radius 3 is 2.65 bits per heavy atom. The van der Waals surface area contributed by atoms with Gasteiger partial charge >= 0.3 is 0 Å². The van der Waals surface area contributed by atoms with Crippen LogP contribution >= 0.6 is 0 Å². The van der Waals surface area contributed by atoms with Crippen LogP contribution < -0.4 is 0 Å². The number of nitrogens with zero attached hydrogens (tertiary/aromatic N) is 4. The maximum Gasteiger partial charge on any atom is 0.181 e. The van der Waals surface area contributed by atoms with Crippen LogP contribution in [-0.2, 0) is 16.8 Å².